The van der Waals surface area contributed by atoms with Crippen molar-refractivity contribution in [2.24, 2.45) is 5.84 Å². The van der Waals surface area contributed by atoms with E-state index in [1.54, 1.807) is 6.20 Å². The zero-order chi connectivity index (χ0) is 11.1. The summed E-state index contributed by atoms with van der Waals surface area (Å²) in [5, 5.41) is 0. The Morgan fingerprint density at radius 3 is 3.07 bits per heavy atom. The molecule has 15 heavy (non-hydrogen) atoms. The maximum Gasteiger partial charge on any atom is 0.0478 e. The lowest BCUT2D eigenvalue weighted by atomic mass is 10.0. The quantitative estimate of drug-likeness (QED) is 0.324. The fraction of sp³-hybridized carbons (Fsp3) is 0.417. The van der Waals surface area contributed by atoms with Crippen LogP contribution in [-0.4, -0.2) is 4.98 Å². The van der Waals surface area contributed by atoms with E-state index in [9.17, 15) is 0 Å². The van der Waals surface area contributed by atoms with E-state index < -0.39 is 0 Å². The summed E-state index contributed by atoms with van der Waals surface area (Å²) in [6.45, 7) is 5.72. The first-order valence-corrected chi connectivity index (χ1v) is 5.28. The molecule has 0 saturated heterocycles. The highest BCUT2D eigenvalue weighted by Crippen LogP contribution is 2.20. The molecule has 0 spiro atoms. The van der Waals surface area contributed by atoms with Crippen molar-refractivity contribution in [3.05, 3.63) is 42.2 Å². The number of nitrogens with one attached hydrogen (secondary N) is 1. The smallest absolute Gasteiger partial charge is 0.0478 e. The third-order valence-electron chi connectivity index (χ3n) is 2.53. The molecule has 0 saturated carbocycles. The zero-order valence-corrected chi connectivity index (χ0v) is 9.24. The van der Waals surface area contributed by atoms with Gasteiger partial charge in [-0.05, 0) is 37.8 Å². The average molecular weight is 205 g/mol. The van der Waals surface area contributed by atoms with Crippen LogP contribution in [0.1, 0.15) is 36.6 Å². The van der Waals surface area contributed by atoms with Gasteiger partial charge in [-0.3, -0.25) is 16.3 Å². The van der Waals surface area contributed by atoms with Crippen LogP contribution in [0.2, 0.25) is 0 Å². The lowest BCUT2D eigenvalue weighted by molar-refractivity contribution is 0.497. The van der Waals surface area contributed by atoms with Crippen LogP contribution < -0.4 is 11.3 Å². The minimum absolute atomic E-state index is 0.193. The number of aryl methyl sites for hydroxylation is 1. The van der Waals surface area contributed by atoms with E-state index >= 15 is 0 Å². The van der Waals surface area contributed by atoms with Crippen molar-refractivity contribution in [3.63, 3.8) is 0 Å². The Kier molecular flexibility index (Phi) is 5.01. The number of nitrogens with two attached hydrogens (primary N) is 1. The number of hydrogen-bond acceptors (Lipinski definition) is 3. The second-order valence-corrected chi connectivity index (χ2v) is 3.62. The molecule has 3 heteroatoms. The van der Waals surface area contributed by atoms with Crippen molar-refractivity contribution in [1.29, 1.82) is 0 Å². The number of unbranched alkanes of at least 4 members (excludes halogenated alkanes) is 1. The van der Waals surface area contributed by atoms with Crippen LogP contribution in [-0.2, 0) is 0 Å². The molecule has 1 rings (SSSR count). The van der Waals surface area contributed by atoms with Gasteiger partial charge in [0.05, 0.1) is 0 Å². The summed E-state index contributed by atoms with van der Waals surface area (Å²) in [5.74, 6) is 5.55. The highest BCUT2D eigenvalue weighted by atomic mass is 15.2. The minimum Gasteiger partial charge on any atom is -0.271 e. The summed E-state index contributed by atoms with van der Waals surface area (Å²) in [7, 11) is 0. The average Bonchev–Trinajstić information content (AvgIpc) is 2.26. The van der Waals surface area contributed by atoms with Gasteiger partial charge in [0.2, 0.25) is 0 Å². The van der Waals surface area contributed by atoms with Crippen molar-refractivity contribution in [1.82, 2.24) is 10.4 Å². The number of allylic oxidation sites excluding steroid dienone is 1. The highest BCUT2D eigenvalue weighted by molar-refractivity contribution is 5.22. The number of hydrazine groups is 1. The van der Waals surface area contributed by atoms with Crippen molar-refractivity contribution >= 4 is 0 Å². The molecule has 0 radical (unpaired) electrons. The molecule has 3 nitrogen and oxygen atoms in total. The molecular formula is C12H19N3. The second-order valence-electron chi connectivity index (χ2n) is 3.62. The summed E-state index contributed by atoms with van der Waals surface area (Å²) in [5.41, 5.74) is 5.07. The molecule has 82 valence electrons. The molecule has 1 unspecified atom stereocenters. The van der Waals surface area contributed by atoms with E-state index in [-0.39, 0.29) is 6.04 Å². The minimum atomic E-state index is 0.193. The monoisotopic (exact) mass is 205 g/mol. The topological polar surface area (TPSA) is 50.9 Å². The van der Waals surface area contributed by atoms with Gasteiger partial charge in [0.25, 0.3) is 0 Å². The third kappa shape index (κ3) is 3.46. The van der Waals surface area contributed by atoms with Crippen LogP contribution >= 0.6 is 0 Å². The summed E-state index contributed by atoms with van der Waals surface area (Å²) in [6, 6.07) is 4.21. The standard InChI is InChI=1S/C12H19N3/c1-3-4-5-8-12(15-13)11-7-6-9-14-10(11)2/h3,6-7,9,12,15H,1,4-5,8,13H2,2H3. The fourth-order valence-electron chi connectivity index (χ4n) is 1.66. The van der Waals surface area contributed by atoms with Gasteiger partial charge in [0.1, 0.15) is 0 Å². The first kappa shape index (κ1) is 11.9. The summed E-state index contributed by atoms with van der Waals surface area (Å²) in [4.78, 5) is 4.26. The molecule has 0 aliphatic carbocycles. The maximum atomic E-state index is 5.55. The van der Waals surface area contributed by atoms with Crippen LogP contribution in [0.15, 0.2) is 31.0 Å². The molecule has 0 amide bonds. The number of hydrogen-bond donors (Lipinski definition) is 2. The Balaban J connectivity index is 2.65. The Labute approximate surface area is 91.4 Å². The Morgan fingerprint density at radius 2 is 2.47 bits per heavy atom. The van der Waals surface area contributed by atoms with Gasteiger partial charge < -0.3 is 0 Å². The van der Waals surface area contributed by atoms with Gasteiger partial charge in [0, 0.05) is 17.9 Å². The first-order valence-electron chi connectivity index (χ1n) is 5.28. The van der Waals surface area contributed by atoms with Crippen LogP contribution in [0.25, 0.3) is 0 Å². The van der Waals surface area contributed by atoms with Gasteiger partial charge in [-0.1, -0.05) is 12.1 Å². The molecule has 0 aliphatic heterocycles. The van der Waals surface area contributed by atoms with Gasteiger partial charge in [-0.2, -0.15) is 0 Å². The Bertz CT molecular complexity index is 309. The summed E-state index contributed by atoms with van der Waals surface area (Å²) in [6.07, 6.45) is 6.86. The van der Waals surface area contributed by atoms with Crippen LogP contribution in [0.3, 0.4) is 0 Å². The highest BCUT2D eigenvalue weighted by Gasteiger charge is 2.11. The molecule has 1 atom stereocenters. The van der Waals surface area contributed by atoms with Crippen LogP contribution in [0, 0.1) is 6.92 Å². The van der Waals surface area contributed by atoms with Crippen LogP contribution in [0.5, 0.6) is 0 Å². The van der Waals surface area contributed by atoms with Gasteiger partial charge in [0.15, 0.2) is 0 Å². The second kappa shape index (κ2) is 6.32. The van der Waals surface area contributed by atoms with E-state index in [0.29, 0.717) is 0 Å². The van der Waals surface area contributed by atoms with Gasteiger partial charge in [-0.25, -0.2) is 0 Å². The normalized spacial score (nSPS) is 12.4. The van der Waals surface area contributed by atoms with Gasteiger partial charge in [-0.15, -0.1) is 6.58 Å². The third-order valence-corrected chi connectivity index (χ3v) is 2.53. The fourth-order valence-corrected chi connectivity index (χ4v) is 1.66. The molecule has 1 heterocycles. The molecule has 3 N–H and O–H groups in total. The maximum absolute atomic E-state index is 5.55. The molecular weight excluding hydrogens is 186 g/mol. The summed E-state index contributed by atoms with van der Waals surface area (Å²) < 4.78 is 0. The Morgan fingerprint density at radius 1 is 1.67 bits per heavy atom. The SMILES string of the molecule is C=CCCCC(NN)c1cccnc1C. The first-order chi connectivity index (χ1) is 7.29. The van der Waals surface area contributed by atoms with Crippen molar-refractivity contribution < 1.29 is 0 Å². The molecule has 0 aromatic carbocycles. The molecule has 0 fully saturated rings. The number of pyridine rings is 1. The molecule has 1 aromatic rings. The zero-order valence-electron chi connectivity index (χ0n) is 9.24. The molecule has 0 aliphatic rings. The Hall–Kier alpha value is -1.19. The predicted octanol–water partition coefficient (Wildman–Crippen LogP) is 2.25. The molecule has 0 bridgehead atoms. The van der Waals surface area contributed by atoms with Crippen molar-refractivity contribution in [2.75, 3.05) is 0 Å². The number of nitrogens with zero attached hydrogens (tertiary/aromatic N) is 1. The van der Waals surface area contributed by atoms with Crippen LogP contribution in [0.4, 0.5) is 0 Å². The van der Waals surface area contributed by atoms with Crippen molar-refractivity contribution in [2.45, 2.75) is 32.2 Å². The number of rotatable bonds is 6. The van der Waals surface area contributed by atoms with Crippen molar-refractivity contribution in [3.8, 4) is 0 Å². The van der Waals surface area contributed by atoms with Gasteiger partial charge >= 0.3 is 0 Å². The number of aromatic nitrogens is 1. The largest absolute Gasteiger partial charge is 0.271 e. The van der Waals surface area contributed by atoms with E-state index in [0.717, 1.165) is 25.0 Å². The summed E-state index contributed by atoms with van der Waals surface area (Å²) >= 11 is 0. The predicted molar refractivity (Wildman–Crippen MR) is 63.1 cm³/mol. The lowest BCUT2D eigenvalue weighted by Gasteiger charge is -2.17. The molecule has 1 aromatic heterocycles. The van der Waals surface area contributed by atoms with E-state index in [1.807, 2.05) is 19.1 Å². The van der Waals surface area contributed by atoms with E-state index in [2.05, 4.69) is 23.1 Å². The van der Waals surface area contributed by atoms with E-state index in [1.165, 1.54) is 5.56 Å². The van der Waals surface area contributed by atoms with E-state index in [4.69, 9.17) is 5.84 Å². The lowest BCUT2D eigenvalue weighted by Crippen LogP contribution is -2.28.